The lowest BCUT2D eigenvalue weighted by molar-refractivity contribution is 0.391. The molecule has 0 radical (unpaired) electrons. The highest BCUT2D eigenvalue weighted by Gasteiger charge is 2.14. The molecule has 0 fully saturated rings. The van der Waals surface area contributed by atoms with E-state index in [0.717, 1.165) is 17.0 Å². The van der Waals surface area contributed by atoms with Crippen molar-refractivity contribution < 1.29 is 9.26 Å². The molecule has 4 rings (SSSR count). The Kier molecular flexibility index (Phi) is 5.03. The summed E-state index contributed by atoms with van der Waals surface area (Å²) in [5, 5.41) is 17.0. The van der Waals surface area contributed by atoms with E-state index in [1.807, 2.05) is 42.5 Å². The second-order valence-corrected chi connectivity index (χ2v) is 6.70. The van der Waals surface area contributed by atoms with Crippen molar-refractivity contribution in [1.29, 1.82) is 0 Å². The smallest absolute Gasteiger partial charge is 0.237 e. The molecule has 0 spiro atoms. The van der Waals surface area contributed by atoms with Gasteiger partial charge in [-0.2, -0.15) is 9.67 Å². The van der Waals surface area contributed by atoms with Gasteiger partial charge in [-0.1, -0.05) is 40.7 Å². The van der Waals surface area contributed by atoms with E-state index in [1.165, 1.54) is 11.8 Å². The predicted octanol–water partition coefficient (Wildman–Crippen LogP) is 3.67. The van der Waals surface area contributed by atoms with Crippen molar-refractivity contribution in [2.75, 3.05) is 7.11 Å². The molecule has 4 aromatic rings. The molecule has 0 amide bonds. The number of methoxy groups -OCH3 is 1. The number of nitrogens with zero attached hydrogens (tertiary/aromatic N) is 6. The molecule has 27 heavy (non-hydrogen) atoms. The van der Waals surface area contributed by atoms with Crippen LogP contribution in [-0.4, -0.2) is 37.5 Å². The van der Waals surface area contributed by atoms with E-state index < -0.39 is 0 Å². The minimum absolute atomic E-state index is 0.425. The molecule has 2 aromatic heterocycles. The average molecular weight is 401 g/mol. The summed E-state index contributed by atoms with van der Waals surface area (Å²) in [5.41, 5.74) is 1.55. The van der Waals surface area contributed by atoms with Crippen molar-refractivity contribution in [3.05, 3.63) is 59.4 Å². The first-order valence-corrected chi connectivity index (χ1v) is 9.24. The Balaban J connectivity index is 1.49. The molecule has 0 atom stereocenters. The van der Waals surface area contributed by atoms with Gasteiger partial charge in [0.2, 0.25) is 16.9 Å². The molecule has 0 aliphatic heterocycles. The summed E-state index contributed by atoms with van der Waals surface area (Å²) in [4.78, 5) is 4.39. The van der Waals surface area contributed by atoms with Gasteiger partial charge in [0.1, 0.15) is 5.75 Å². The molecule has 0 aliphatic rings. The molecule has 0 unspecified atom stereocenters. The van der Waals surface area contributed by atoms with Gasteiger partial charge in [0.05, 0.1) is 23.6 Å². The molecule has 2 aromatic carbocycles. The topological polar surface area (TPSA) is 91.8 Å². The van der Waals surface area contributed by atoms with Crippen molar-refractivity contribution in [2.24, 2.45) is 0 Å². The maximum Gasteiger partial charge on any atom is 0.237 e. The highest BCUT2D eigenvalue weighted by molar-refractivity contribution is 7.98. The zero-order chi connectivity index (χ0) is 18.6. The van der Waals surface area contributed by atoms with E-state index in [2.05, 4.69) is 25.7 Å². The van der Waals surface area contributed by atoms with E-state index >= 15 is 0 Å². The number of halogens is 1. The maximum atomic E-state index is 6.17. The fourth-order valence-corrected chi connectivity index (χ4v) is 3.29. The second kappa shape index (κ2) is 7.77. The zero-order valence-corrected chi connectivity index (χ0v) is 15.7. The number of hydrogen-bond acceptors (Lipinski definition) is 8. The lowest BCUT2D eigenvalue weighted by atomic mass is 10.2. The number of benzene rings is 2. The fraction of sp³-hybridized carbons (Fsp3) is 0.118. The van der Waals surface area contributed by atoms with E-state index in [1.54, 1.807) is 17.9 Å². The lowest BCUT2D eigenvalue weighted by Gasteiger charge is -2.04. The van der Waals surface area contributed by atoms with E-state index in [-0.39, 0.29) is 0 Å². The molecule has 0 bridgehead atoms. The van der Waals surface area contributed by atoms with E-state index in [9.17, 15) is 0 Å². The Bertz CT molecular complexity index is 1050. The van der Waals surface area contributed by atoms with Crippen LogP contribution in [0, 0.1) is 0 Å². The van der Waals surface area contributed by atoms with Crippen LogP contribution >= 0.6 is 23.4 Å². The minimum Gasteiger partial charge on any atom is -0.497 e. The highest BCUT2D eigenvalue weighted by Crippen LogP contribution is 2.27. The van der Waals surface area contributed by atoms with Crippen molar-refractivity contribution in [3.63, 3.8) is 0 Å². The number of ether oxygens (including phenoxy) is 1. The third kappa shape index (κ3) is 3.79. The molecule has 0 N–H and O–H groups in total. The molecule has 8 nitrogen and oxygen atoms in total. The summed E-state index contributed by atoms with van der Waals surface area (Å²) in [7, 11) is 1.62. The molecule has 0 aliphatic carbocycles. The van der Waals surface area contributed by atoms with Gasteiger partial charge in [0.25, 0.3) is 0 Å². The molecule has 2 heterocycles. The Morgan fingerprint density at radius 2 is 1.96 bits per heavy atom. The van der Waals surface area contributed by atoms with Crippen LogP contribution < -0.4 is 4.74 Å². The normalized spacial score (nSPS) is 10.9. The van der Waals surface area contributed by atoms with Crippen LogP contribution in [0.3, 0.4) is 0 Å². The van der Waals surface area contributed by atoms with Gasteiger partial charge in [-0.15, -0.1) is 5.10 Å². The van der Waals surface area contributed by atoms with Gasteiger partial charge in [-0.25, -0.2) is 0 Å². The predicted molar refractivity (Wildman–Crippen MR) is 100 cm³/mol. The van der Waals surface area contributed by atoms with Crippen molar-refractivity contribution in [1.82, 2.24) is 30.3 Å². The first kappa shape index (κ1) is 17.5. The number of aromatic nitrogens is 6. The quantitative estimate of drug-likeness (QED) is 0.453. The van der Waals surface area contributed by atoms with E-state index in [4.69, 9.17) is 20.9 Å². The number of tetrazole rings is 1. The zero-order valence-electron chi connectivity index (χ0n) is 14.1. The second-order valence-electron chi connectivity index (χ2n) is 5.35. The van der Waals surface area contributed by atoms with Crippen molar-refractivity contribution in [3.8, 4) is 22.8 Å². The Morgan fingerprint density at radius 3 is 2.74 bits per heavy atom. The summed E-state index contributed by atoms with van der Waals surface area (Å²) in [6, 6.07) is 14.8. The number of thioether (sulfide) groups is 1. The summed E-state index contributed by atoms with van der Waals surface area (Å²) < 4.78 is 12.1. The van der Waals surface area contributed by atoms with Gasteiger partial charge in [-0.05, 0) is 46.8 Å². The molecular formula is C17H13ClN6O2S. The van der Waals surface area contributed by atoms with Crippen LogP contribution in [0.15, 0.2) is 58.2 Å². The third-order valence-corrected chi connectivity index (χ3v) is 4.90. The number of rotatable bonds is 6. The van der Waals surface area contributed by atoms with Crippen LogP contribution in [0.5, 0.6) is 5.75 Å². The van der Waals surface area contributed by atoms with Gasteiger partial charge >= 0.3 is 0 Å². The molecular weight excluding hydrogens is 388 g/mol. The molecule has 10 heteroatoms. The number of hydrogen-bond donors (Lipinski definition) is 0. The fourth-order valence-electron chi connectivity index (χ4n) is 2.35. The van der Waals surface area contributed by atoms with Crippen molar-refractivity contribution in [2.45, 2.75) is 10.9 Å². The first-order chi connectivity index (χ1) is 13.2. The summed E-state index contributed by atoms with van der Waals surface area (Å²) in [6.07, 6.45) is 0. The first-order valence-electron chi connectivity index (χ1n) is 7.87. The van der Waals surface area contributed by atoms with Gasteiger partial charge in [-0.3, -0.25) is 0 Å². The summed E-state index contributed by atoms with van der Waals surface area (Å²) in [6.45, 7) is 0. The maximum absolute atomic E-state index is 6.17. The largest absolute Gasteiger partial charge is 0.497 e. The van der Waals surface area contributed by atoms with Crippen LogP contribution in [0.4, 0.5) is 0 Å². The molecule has 0 saturated heterocycles. The molecule has 0 saturated carbocycles. The summed E-state index contributed by atoms with van der Waals surface area (Å²) >= 11 is 7.56. The van der Waals surface area contributed by atoms with Gasteiger partial charge in [0, 0.05) is 5.56 Å². The minimum atomic E-state index is 0.425. The van der Waals surface area contributed by atoms with Crippen molar-refractivity contribution >= 4 is 23.4 Å². The summed E-state index contributed by atoms with van der Waals surface area (Å²) in [5.74, 6) is 2.10. The van der Waals surface area contributed by atoms with Crippen LogP contribution in [0.25, 0.3) is 17.1 Å². The monoisotopic (exact) mass is 400 g/mol. The van der Waals surface area contributed by atoms with Crippen LogP contribution in [0.1, 0.15) is 5.89 Å². The van der Waals surface area contributed by atoms with Gasteiger partial charge in [0.15, 0.2) is 0 Å². The molecule has 136 valence electrons. The van der Waals surface area contributed by atoms with Crippen LogP contribution in [0.2, 0.25) is 5.02 Å². The van der Waals surface area contributed by atoms with Crippen LogP contribution in [-0.2, 0) is 5.75 Å². The average Bonchev–Trinajstić information content (AvgIpc) is 3.36. The SMILES string of the molecule is COc1ccc(-n2nnnc2SCc2nc(-c3ccccc3Cl)no2)cc1. The van der Waals surface area contributed by atoms with Gasteiger partial charge < -0.3 is 9.26 Å². The lowest BCUT2D eigenvalue weighted by Crippen LogP contribution is -1.99. The Morgan fingerprint density at radius 1 is 1.15 bits per heavy atom. The Labute approximate surface area is 163 Å². The third-order valence-electron chi connectivity index (χ3n) is 3.67. The highest BCUT2D eigenvalue weighted by atomic mass is 35.5. The Hall–Kier alpha value is -2.91. The van der Waals surface area contributed by atoms with E-state index in [0.29, 0.717) is 27.6 Å². The standard InChI is InChI=1S/C17H13ClN6O2S/c1-25-12-8-6-11(7-9-12)24-17(20-22-23-24)27-10-15-19-16(21-26-15)13-4-2-3-5-14(13)18/h2-9H,10H2,1H3.